The molecule has 1 heterocycles. The van der Waals surface area contributed by atoms with E-state index < -0.39 is 0 Å². The average Bonchev–Trinajstić information content (AvgIpc) is 2.34. The topological polar surface area (TPSA) is 22.1 Å². The second-order valence-electron chi connectivity index (χ2n) is 3.64. The molecule has 2 rings (SSSR count). The molecule has 0 saturated carbocycles. The van der Waals surface area contributed by atoms with E-state index in [9.17, 15) is 4.39 Å². The number of halogens is 2. The SMILES string of the molecule is Cc1ccc(F)c(Oc2ncccc2CBr)c1. The van der Waals surface area contributed by atoms with E-state index in [1.807, 2.05) is 19.1 Å². The minimum Gasteiger partial charge on any atom is -0.436 e. The average molecular weight is 296 g/mol. The molecule has 0 atom stereocenters. The Balaban J connectivity index is 2.34. The van der Waals surface area contributed by atoms with Crippen molar-refractivity contribution in [2.24, 2.45) is 0 Å². The Bertz CT molecular complexity index is 531. The van der Waals surface area contributed by atoms with Gasteiger partial charge in [-0.2, -0.15) is 0 Å². The number of hydrogen-bond donors (Lipinski definition) is 0. The molecule has 0 spiro atoms. The molecule has 1 aromatic heterocycles. The second-order valence-corrected chi connectivity index (χ2v) is 4.20. The van der Waals surface area contributed by atoms with Gasteiger partial charge in [-0.05, 0) is 30.7 Å². The van der Waals surface area contributed by atoms with E-state index in [4.69, 9.17) is 4.74 Å². The zero-order valence-corrected chi connectivity index (χ0v) is 10.9. The summed E-state index contributed by atoms with van der Waals surface area (Å²) in [5.74, 6) is 0.238. The maximum absolute atomic E-state index is 13.5. The lowest BCUT2D eigenvalue weighted by molar-refractivity contribution is 0.424. The van der Waals surface area contributed by atoms with E-state index in [0.29, 0.717) is 11.2 Å². The molecule has 0 aliphatic rings. The normalized spacial score (nSPS) is 10.3. The minimum atomic E-state index is -0.387. The highest BCUT2D eigenvalue weighted by Crippen LogP contribution is 2.27. The van der Waals surface area contributed by atoms with Crippen LogP contribution in [-0.4, -0.2) is 4.98 Å². The summed E-state index contributed by atoms with van der Waals surface area (Å²) in [6.07, 6.45) is 1.62. The van der Waals surface area contributed by atoms with Crippen LogP contribution in [0, 0.1) is 12.7 Å². The molecule has 2 aromatic rings. The van der Waals surface area contributed by atoms with E-state index in [-0.39, 0.29) is 11.6 Å². The predicted molar refractivity (Wildman–Crippen MR) is 68.1 cm³/mol. The van der Waals surface area contributed by atoms with Crippen molar-refractivity contribution >= 4 is 15.9 Å². The van der Waals surface area contributed by atoms with E-state index in [1.54, 1.807) is 18.3 Å². The van der Waals surface area contributed by atoms with Crippen molar-refractivity contribution in [3.05, 3.63) is 53.5 Å². The van der Waals surface area contributed by atoms with Gasteiger partial charge in [0.15, 0.2) is 11.6 Å². The maximum Gasteiger partial charge on any atom is 0.223 e. The summed E-state index contributed by atoms with van der Waals surface area (Å²) in [5, 5.41) is 0.615. The molecule has 0 amide bonds. The van der Waals surface area contributed by atoms with Crippen molar-refractivity contribution in [3.8, 4) is 11.6 Å². The molecule has 0 aliphatic heterocycles. The molecule has 0 bridgehead atoms. The molecule has 0 N–H and O–H groups in total. The zero-order valence-electron chi connectivity index (χ0n) is 9.28. The third-order valence-electron chi connectivity index (χ3n) is 2.29. The Kier molecular flexibility index (Phi) is 3.74. The highest BCUT2D eigenvalue weighted by Gasteiger charge is 2.08. The monoisotopic (exact) mass is 295 g/mol. The molecular formula is C13H11BrFNO. The molecule has 2 nitrogen and oxygen atoms in total. The number of hydrogen-bond acceptors (Lipinski definition) is 2. The summed E-state index contributed by atoms with van der Waals surface area (Å²) in [7, 11) is 0. The summed E-state index contributed by atoms with van der Waals surface area (Å²) < 4.78 is 19.0. The fourth-order valence-corrected chi connectivity index (χ4v) is 1.84. The van der Waals surface area contributed by atoms with Crippen LogP contribution in [0.25, 0.3) is 0 Å². The van der Waals surface area contributed by atoms with E-state index in [2.05, 4.69) is 20.9 Å². The first-order chi connectivity index (χ1) is 8.20. The van der Waals surface area contributed by atoms with Crippen LogP contribution < -0.4 is 4.74 Å². The molecule has 0 saturated heterocycles. The number of aromatic nitrogens is 1. The van der Waals surface area contributed by atoms with E-state index >= 15 is 0 Å². The van der Waals surface area contributed by atoms with Gasteiger partial charge in [0.1, 0.15) is 0 Å². The van der Waals surface area contributed by atoms with Crippen LogP contribution in [0.5, 0.6) is 11.6 Å². The van der Waals surface area contributed by atoms with Crippen molar-refractivity contribution < 1.29 is 9.13 Å². The van der Waals surface area contributed by atoms with Crippen LogP contribution in [0.3, 0.4) is 0 Å². The lowest BCUT2D eigenvalue weighted by Crippen LogP contribution is -1.94. The van der Waals surface area contributed by atoms with Gasteiger partial charge in [0, 0.05) is 17.1 Å². The zero-order chi connectivity index (χ0) is 12.3. The Morgan fingerprint density at radius 1 is 1.35 bits per heavy atom. The third kappa shape index (κ3) is 2.82. The van der Waals surface area contributed by atoms with Gasteiger partial charge in [-0.1, -0.05) is 28.1 Å². The Morgan fingerprint density at radius 2 is 2.18 bits per heavy atom. The Labute approximate surface area is 108 Å². The molecule has 1 aromatic carbocycles. The first-order valence-electron chi connectivity index (χ1n) is 5.14. The standard InChI is InChI=1S/C13H11BrFNO/c1-9-4-5-11(15)12(7-9)17-13-10(8-14)3-2-6-16-13/h2-7H,8H2,1H3. The number of alkyl halides is 1. The van der Waals surface area contributed by atoms with Gasteiger partial charge in [0.2, 0.25) is 5.88 Å². The number of benzene rings is 1. The van der Waals surface area contributed by atoms with Crippen molar-refractivity contribution in [3.63, 3.8) is 0 Å². The van der Waals surface area contributed by atoms with Crippen LogP contribution in [0.2, 0.25) is 0 Å². The largest absolute Gasteiger partial charge is 0.436 e. The molecule has 0 unspecified atom stereocenters. The molecule has 0 fully saturated rings. The van der Waals surface area contributed by atoms with Crippen LogP contribution in [0.4, 0.5) is 4.39 Å². The third-order valence-corrected chi connectivity index (χ3v) is 2.89. The first-order valence-corrected chi connectivity index (χ1v) is 6.26. The van der Waals surface area contributed by atoms with Gasteiger partial charge < -0.3 is 4.74 Å². The number of nitrogens with zero attached hydrogens (tertiary/aromatic N) is 1. The van der Waals surface area contributed by atoms with Crippen molar-refractivity contribution in [2.45, 2.75) is 12.3 Å². The lowest BCUT2D eigenvalue weighted by atomic mass is 10.2. The molecule has 0 radical (unpaired) electrons. The summed E-state index contributed by atoms with van der Waals surface area (Å²) in [6, 6.07) is 8.44. The van der Waals surface area contributed by atoms with Gasteiger partial charge in [-0.3, -0.25) is 0 Å². The number of aryl methyl sites for hydroxylation is 1. The van der Waals surface area contributed by atoms with E-state index in [0.717, 1.165) is 11.1 Å². The molecule has 17 heavy (non-hydrogen) atoms. The van der Waals surface area contributed by atoms with Crippen molar-refractivity contribution in [2.75, 3.05) is 0 Å². The molecule has 4 heteroatoms. The van der Waals surface area contributed by atoms with Gasteiger partial charge in [0.25, 0.3) is 0 Å². The quantitative estimate of drug-likeness (QED) is 0.791. The minimum absolute atomic E-state index is 0.200. The molecule has 88 valence electrons. The van der Waals surface area contributed by atoms with Crippen molar-refractivity contribution in [1.82, 2.24) is 4.98 Å². The lowest BCUT2D eigenvalue weighted by Gasteiger charge is -2.09. The number of pyridine rings is 1. The highest BCUT2D eigenvalue weighted by molar-refractivity contribution is 9.08. The first kappa shape index (κ1) is 12.0. The van der Waals surface area contributed by atoms with Crippen molar-refractivity contribution in [1.29, 1.82) is 0 Å². The van der Waals surface area contributed by atoms with Crippen LogP contribution >= 0.6 is 15.9 Å². The highest BCUT2D eigenvalue weighted by atomic mass is 79.9. The maximum atomic E-state index is 13.5. The fourth-order valence-electron chi connectivity index (χ4n) is 1.41. The summed E-state index contributed by atoms with van der Waals surface area (Å²) in [4.78, 5) is 4.10. The van der Waals surface area contributed by atoms with Crippen LogP contribution in [0.15, 0.2) is 36.5 Å². The van der Waals surface area contributed by atoms with Gasteiger partial charge >= 0.3 is 0 Å². The molecular weight excluding hydrogens is 285 g/mol. The molecule has 0 aliphatic carbocycles. The number of ether oxygens (including phenoxy) is 1. The summed E-state index contributed by atoms with van der Waals surface area (Å²) in [6.45, 7) is 1.89. The Morgan fingerprint density at radius 3 is 2.94 bits per heavy atom. The smallest absolute Gasteiger partial charge is 0.223 e. The van der Waals surface area contributed by atoms with Crippen LogP contribution in [-0.2, 0) is 5.33 Å². The van der Waals surface area contributed by atoms with Crippen LogP contribution in [0.1, 0.15) is 11.1 Å². The van der Waals surface area contributed by atoms with Gasteiger partial charge in [0.05, 0.1) is 0 Å². The predicted octanol–water partition coefficient (Wildman–Crippen LogP) is 4.22. The van der Waals surface area contributed by atoms with Gasteiger partial charge in [-0.15, -0.1) is 0 Å². The second kappa shape index (κ2) is 5.27. The number of rotatable bonds is 3. The fraction of sp³-hybridized carbons (Fsp3) is 0.154. The van der Waals surface area contributed by atoms with E-state index in [1.165, 1.54) is 6.07 Å². The Hall–Kier alpha value is -1.42. The van der Waals surface area contributed by atoms with Gasteiger partial charge in [-0.25, -0.2) is 9.37 Å². The summed E-state index contributed by atoms with van der Waals surface area (Å²) in [5.41, 5.74) is 1.83. The summed E-state index contributed by atoms with van der Waals surface area (Å²) >= 11 is 3.34.